The van der Waals surface area contributed by atoms with Crippen molar-refractivity contribution in [2.75, 3.05) is 13.1 Å². The van der Waals surface area contributed by atoms with Gasteiger partial charge in [-0.3, -0.25) is 9.59 Å². The minimum atomic E-state index is 0.0404. The zero-order valence-corrected chi connectivity index (χ0v) is 14.0. The van der Waals surface area contributed by atoms with E-state index in [1.54, 1.807) is 0 Å². The van der Waals surface area contributed by atoms with Crippen molar-refractivity contribution >= 4 is 11.7 Å². The van der Waals surface area contributed by atoms with Crippen molar-refractivity contribution in [3.05, 3.63) is 35.4 Å². The van der Waals surface area contributed by atoms with Gasteiger partial charge in [-0.2, -0.15) is 0 Å². The number of Topliss-reactive ketones (excluding diaryl/α,β-unsaturated/α-hetero) is 1. The van der Waals surface area contributed by atoms with Gasteiger partial charge >= 0.3 is 0 Å². The minimum absolute atomic E-state index is 0.0404. The number of carbonyl (C=O) groups excluding carboxylic acids is 2. The molecule has 1 aromatic rings. The lowest BCUT2D eigenvalue weighted by molar-refractivity contribution is -0.132. The molecule has 0 unspecified atom stereocenters. The van der Waals surface area contributed by atoms with Crippen LogP contribution in [0.5, 0.6) is 0 Å². The van der Waals surface area contributed by atoms with Crippen LogP contribution >= 0.6 is 0 Å². The van der Waals surface area contributed by atoms with Crippen molar-refractivity contribution in [1.82, 2.24) is 4.90 Å². The largest absolute Gasteiger partial charge is 0.343 e. The third-order valence-corrected chi connectivity index (χ3v) is 4.50. The maximum absolute atomic E-state index is 12.0. The predicted octanol–water partition coefficient (Wildman–Crippen LogP) is 4.03. The van der Waals surface area contributed by atoms with Crippen LogP contribution in [0.1, 0.15) is 68.3 Å². The van der Waals surface area contributed by atoms with Gasteiger partial charge in [-0.05, 0) is 30.7 Å². The van der Waals surface area contributed by atoms with E-state index in [1.165, 1.54) is 5.56 Å². The molecule has 1 aromatic carbocycles. The molecule has 3 nitrogen and oxygen atoms in total. The van der Waals surface area contributed by atoms with E-state index in [9.17, 15) is 9.59 Å². The number of amides is 1. The van der Waals surface area contributed by atoms with Crippen LogP contribution in [0.2, 0.25) is 0 Å². The summed E-state index contributed by atoms with van der Waals surface area (Å²) in [4.78, 5) is 25.9. The Morgan fingerprint density at radius 2 is 1.73 bits per heavy atom. The monoisotopic (exact) mass is 301 g/mol. The summed E-state index contributed by atoms with van der Waals surface area (Å²) in [5.74, 6) is 1.04. The van der Waals surface area contributed by atoms with Crippen LogP contribution in [0, 0.1) is 5.92 Å². The van der Waals surface area contributed by atoms with Crippen LogP contribution in [0.15, 0.2) is 24.3 Å². The van der Waals surface area contributed by atoms with E-state index in [4.69, 9.17) is 0 Å². The molecule has 1 fully saturated rings. The van der Waals surface area contributed by atoms with Gasteiger partial charge in [0.05, 0.1) is 0 Å². The summed E-state index contributed by atoms with van der Waals surface area (Å²) in [6.45, 7) is 7.62. The molecule has 1 heterocycles. The van der Waals surface area contributed by atoms with Crippen LogP contribution in [-0.4, -0.2) is 29.7 Å². The number of likely N-dealkylation sites (tertiary alicyclic amines) is 1. The second kappa shape index (κ2) is 7.57. The average Bonchev–Trinajstić information content (AvgIpc) is 2.54. The molecule has 0 atom stereocenters. The van der Waals surface area contributed by atoms with E-state index < -0.39 is 0 Å². The summed E-state index contributed by atoms with van der Waals surface area (Å²) < 4.78 is 0. The molecule has 120 valence electrons. The first-order valence-corrected chi connectivity index (χ1v) is 8.44. The van der Waals surface area contributed by atoms with Gasteiger partial charge in [0.25, 0.3) is 0 Å². The molecule has 1 amide bonds. The van der Waals surface area contributed by atoms with Crippen molar-refractivity contribution in [3.8, 4) is 0 Å². The number of piperidine rings is 1. The quantitative estimate of drug-likeness (QED) is 0.770. The molecule has 3 heteroatoms. The first kappa shape index (κ1) is 16.7. The first-order valence-electron chi connectivity index (χ1n) is 8.44. The van der Waals surface area contributed by atoms with Crippen LogP contribution in [-0.2, 0) is 4.79 Å². The highest BCUT2D eigenvalue weighted by atomic mass is 16.2. The van der Waals surface area contributed by atoms with Gasteiger partial charge in [0.1, 0.15) is 0 Å². The van der Waals surface area contributed by atoms with E-state index in [0.29, 0.717) is 18.2 Å². The molecule has 0 aromatic heterocycles. The van der Waals surface area contributed by atoms with Crippen molar-refractivity contribution < 1.29 is 9.59 Å². The van der Waals surface area contributed by atoms with E-state index in [0.717, 1.165) is 37.9 Å². The number of nitrogens with zero attached hydrogens (tertiary/aromatic N) is 1. The summed E-state index contributed by atoms with van der Waals surface area (Å²) in [5, 5.41) is 0. The maximum atomic E-state index is 12.0. The average molecular weight is 301 g/mol. The lowest BCUT2D eigenvalue weighted by atomic mass is 9.88. The number of carbonyl (C=O) groups is 2. The lowest BCUT2D eigenvalue weighted by Crippen LogP contribution is -2.37. The molecule has 2 rings (SSSR count). The third-order valence-electron chi connectivity index (χ3n) is 4.50. The summed E-state index contributed by atoms with van der Waals surface area (Å²) in [5.41, 5.74) is 2.09. The predicted molar refractivity (Wildman–Crippen MR) is 89.1 cm³/mol. The van der Waals surface area contributed by atoms with Crippen LogP contribution in [0.3, 0.4) is 0 Å². The number of hydrogen-bond acceptors (Lipinski definition) is 2. The molecule has 1 aliphatic heterocycles. The highest BCUT2D eigenvalue weighted by Crippen LogP contribution is 2.28. The fourth-order valence-corrected chi connectivity index (χ4v) is 3.09. The van der Waals surface area contributed by atoms with Crippen LogP contribution < -0.4 is 0 Å². The van der Waals surface area contributed by atoms with Gasteiger partial charge in [0, 0.05) is 31.0 Å². The Balaban J connectivity index is 1.94. The SMILES string of the molecule is CCCC(=O)N1CCC(c2ccc(C(=O)C(C)C)cc2)CC1. The second-order valence-corrected chi connectivity index (χ2v) is 6.55. The fourth-order valence-electron chi connectivity index (χ4n) is 3.09. The fraction of sp³-hybridized carbons (Fsp3) is 0.579. The van der Waals surface area contributed by atoms with E-state index in [-0.39, 0.29) is 11.7 Å². The Morgan fingerprint density at radius 1 is 1.14 bits per heavy atom. The number of ketones is 1. The zero-order chi connectivity index (χ0) is 16.1. The van der Waals surface area contributed by atoms with E-state index in [2.05, 4.69) is 12.1 Å². The number of rotatable bonds is 5. The Morgan fingerprint density at radius 3 is 2.23 bits per heavy atom. The van der Waals surface area contributed by atoms with Crippen molar-refractivity contribution in [2.45, 2.75) is 52.4 Å². The lowest BCUT2D eigenvalue weighted by Gasteiger charge is -2.32. The smallest absolute Gasteiger partial charge is 0.222 e. The molecule has 0 bridgehead atoms. The second-order valence-electron chi connectivity index (χ2n) is 6.55. The molecule has 0 N–H and O–H groups in total. The Hall–Kier alpha value is -1.64. The van der Waals surface area contributed by atoms with Gasteiger partial charge in [0.15, 0.2) is 5.78 Å². The third kappa shape index (κ3) is 3.96. The molecular formula is C19H27NO2. The normalized spacial score (nSPS) is 16.1. The Labute approximate surface area is 133 Å². The van der Waals surface area contributed by atoms with Crippen molar-refractivity contribution in [1.29, 1.82) is 0 Å². The maximum Gasteiger partial charge on any atom is 0.222 e. The van der Waals surface area contributed by atoms with Crippen LogP contribution in [0.4, 0.5) is 0 Å². The molecule has 0 radical (unpaired) electrons. The molecule has 0 spiro atoms. The van der Waals surface area contributed by atoms with Crippen molar-refractivity contribution in [3.63, 3.8) is 0 Å². The van der Waals surface area contributed by atoms with Crippen LogP contribution in [0.25, 0.3) is 0 Å². The number of hydrogen-bond donors (Lipinski definition) is 0. The molecular weight excluding hydrogens is 274 g/mol. The minimum Gasteiger partial charge on any atom is -0.343 e. The number of benzene rings is 1. The highest BCUT2D eigenvalue weighted by Gasteiger charge is 2.23. The van der Waals surface area contributed by atoms with Gasteiger partial charge in [0.2, 0.25) is 5.91 Å². The molecule has 1 saturated heterocycles. The summed E-state index contributed by atoms with van der Waals surface area (Å²) in [6, 6.07) is 8.08. The molecule has 0 aliphatic carbocycles. The highest BCUT2D eigenvalue weighted by molar-refractivity contribution is 5.97. The Kier molecular flexibility index (Phi) is 5.76. The summed E-state index contributed by atoms with van der Waals surface area (Å²) in [6.07, 6.45) is 3.63. The van der Waals surface area contributed by atoms with E-state index in [1.807, 2.05) is 37.8 Å². The van der Waals surface area contributed by atoms with Crippen molar-refractivity contribution in [2.24, 2.45) is 5.92 Å². The standard InChI is InChI=1S/C19H27NO2/c1-4-5-18(21)20-12-10-16(11-13-20)15-6-8-17(9-7-15)19(22)14(2)3/h6-9,14,16H,4-5,10-13H2,1-3H3. The first-order chi connectivity index (χ1) is 10.5. The Bertz CT molecular complexity index is 511. The van der Waals surface area contributed by atoms with Gasteiger partial charge in [-0.15, -0.1) is 0 Å². The van der Waals surface area contributed by atoms with E-state index >= 15 is 0 Å². The summed E-state index contributed by atoms with van der Waals surface area (Å²) >= 11 is 0. The summed E-state index contributed by atoms with van der Waals surface area (Å²) in [7, 11) is 0. The molecule has 22 heavy (non-hydrogen) atoms. The zero-order valence-electron chi connectivity index (χ0n) is 14.0. The molecule has 0 saturated carbocycles. The van der Waals surface area contributed by atoms with Gasteiger partial charge in [-0.25, -0.2) is 0 Å². The molecule has 1 aliphatic rings. The van der Waals surface area contributed by atoms with Gasteiger partial charge < -0.3 is 4.90 Å². The van der Waals surface area contributed by atoms with Gasteiger partial charge in [-0.1, -0.05) is 45.0 Å². The topological polar surface area (TPSA) is 37.4 Å².